The van der Waals surface area contributed by atoms with Crippen LogP contribution in [0.2, 0.25) is 44.5 Å². The zero-order chi connectivity index (χ0) is 15.3. The second-order valence-corrected chi connectivity index (χ2v) is 51.8. The quantitative estimate of drug-likeness (QED) is 0.544. The molecule has 0 saturated carbocycles. The SMILES string of the molecule is C[Si](C)(C)[Ti]([CH3])([C]1=CC=CC1)([C]1=CC=CC1)[Si](C)(C)C. The molecule has 0 bridgehead atoms. The van der Waals surface area contributed by atoms with E-state index in [1.807, 2.05) is 7.76 Å². The summed E-state index contributed by atoms with van der Waals surface area (Å²) in [6.07, 6.45) is 16.9. The summed E-state index contributed by atoms with van der Waals surface area (Å²) in [6.45, 7) is 16.0. The van der Waals surface area contributed by atoms with Gasteiger partial charge in [0.15, 0.2) is 0 Å². The van der Waals surface area contributed by atoms with Crippen LogP contribution in [-0.2, 0) is 13.8 Å². The first-order valence-corrected chi connectivity index (χ1v) is 22.7. The van der Waals surface area contributed by atoms with Gasteiger partial charge < -0.3 is 0 Å². The first-order valence-electron chi connectivity index (χ1n) is 7.93. The van der Waals surface area contributed by atoms with Crippen molar-refractivity contribution in [2.45, 2.75) is 57.4 Å². The van der Waals surface area contributed by atoms with Crippen LogP contribution in [0.3, 0.4) is 0 Å². The monoisotopic (exact) mass is 339 g/mol. The van der Waals surface area contributed by atoms with Crippen molar-refractivity contribution in [3.05, 3.63) is 44.2 Å². The Hall–Kier alpha value is 0.108. The predicted octanol–water partition coefficient (Wildman–Crippen LogP) is 6.08. The average molecular weight is 339 g/mol. The Morgan fingerprint density at radius 3 is 1.30 bits per heavy atom. The van der Waals surface area contributed by atoms with E-state index in [-0.39, 0.29) is 0 Å². The van der Waals surface area contributed by atoms with Crippen molar-refractivity contribution < 1.29 is 13.8 Å². The van der Waals surface area contributed by atoms with Crippen molar-refractivity contribution in [3.8, 4) is 0 Å². The Morgan fingerprint density at radius 2 is 1.10 bits per heavy atom. The van der Waals surface area contributed by atoms with E-state index in [1.165, 1.54) is 12.8 Å². The van der Waals surface area contributed by atoms with Crippen molar-refractivity contribution in [3.63, 3.8) is 0 Å². The molecule has 0 atom stereocenters. The molecule has 111 valence electrons. The van der Waals surface area contributed by atoms with Gasteiger partial charge in [0.05, 0.1) is 0 Å². The summed E-state index contributed by atoms with van der Waals surface area (Å²) in [6, 6.07) is 0. The van der Waals surface area contributed by atoms with Crippen LogP contribution in [0.1, 0.15) is 12.8 Å². The van der Waals surface area contributed by atoms with E-state index in [0.29, 0.717) is 0 Å². The van der Waals surface area contributed by atoms with Crippen LogP contribution in [0.4, 0.5) is 0 Å². The van der Waals surface area contributed by atoms with E-state index in [9.17, 15) is 0 Å². The Bertz CT molecular complexity index is 488. The molecule has 0 nitrogen and oxygen atoms in total. The van der Waals surface area contributed by atoms with E-state index in [0.717, 1.165) is 0 Å². The van der Waals surface area contributed by atoms with Gasteiger partial charge in [-0.1, -0.05) is 0 Å². The van der Waals surface area contributed by atoms with Gasteiger partial charge in [0.25, 0.3) is 0 Å². The molecule has 0 aliphatic heterocycles. The Balaban J connectivity index is 2.82. The summed E-state index contributed by atoms with van der Waals surface area (Å²) in [7, 11) is 0. The van der Waals surface area contributed by atoms with Gasteiger partial charge in [-0.15, -0.1) is 0 Å². The minimum absolute atomic E-state index is 1.24. The maximum atomic E-state index is 2.83. The summed E-state index contributed by atoms with van der Waals surface area (Å²) in [4.78, 5) is 0. The van der Waals surface area contributed by atoms with E-state index < -0.39 is 25.7 Å². The standard InChI is InChI=1S/2C5H5.2C3H9Si.CH3.Ti/c2*1-2-4-5-3-1;2*1-4(2)3;;/h2*1-3H,4H2;2*1-3H3;1H3;. The van der Waals surface area contributed by atoms with Gasteiger partial charge in [0.2, 0.25) is 0 Å². The van der Waals surface area contributed by atoms with E-state index in [4.69, 9.17) is 0 Å². The zero-order valence-electron chi connectivity index (χ0n) is 14.4. The van der Waals surface area contributed by atoms with Gasteiger partial charge in [0, 0.05) is 0 Å². The van der Waals surface area contributed by atoms with Crippen LogP contribution in [0.5, 0.6) is 0 Å². The fraction of sp³-hybridized carbons (Fsp3) is 0.529. The van der Waals surface area contributed by atoms with Crippen LogP contribution in [-0.4, -0.2) is 11.9 Å². The molecule has 0 saturated heterocycles. The second kappa shape index (κ2) is 4.81. The first kappa shape index (κ1) is 16.5. The van der Waals surface area contributed by atoms with Gasteiger partial charge >= 0.3 is 127 Å². The number of allylic oxidation sites excluding steroid dienone is 8. The molecule has 3 heteroatoms. The zero-order valence-corrected chi connectivity index (χ0v) is 17.9. The Morgan fingerprint density at radius 1 is 0.750 bits per heavy atom. The fourth-order valence-corrected chi connectivity index (χ4v) is 74.9. The number of hydrogen-bond donors (Lipinski definition) is 0. The van der Waals surface area contributed by atoms with E-state index in [2.05, 4.69) is 81.0 Å². The average Bonchev–Trinajstić information content (AvgIpc) is 2.98. The number of rotatable bonds is 4. The van der Waals surface area contributed by atoms with Gasteiger partial charge in [-0.05, 0) is 0 Å². The molecule has 0 amide bonds. The van der Waals surface area contributed by atoms with Crippen LogP contribution in [0, 0.1) is 0 Å². The van der Waals surface area contributed by atoms with Gasteiger partial charge in [-0.2, -0.15) is 0 Å². The molecule has 0 aromatic rings. The molecule has 0 spiro atoms. The summed E-state index contributed by atoms with van der Waals surface area (Å²) >= 11 is -2.85. The molecule has 0 aromatic heterocycles. The third kappa shape index (κ3) is 1.81. The van der Waals surface area contributed by atoms with Crippen LogP contribution >= 0.6 is 0 Å². The van der Waals surface area contributed by atoms with Crippen molar-refractivity contribution in [1.82, 2.24) is 0 Å². The predicted molar refractivity (Wildman–Crippen MR) is 96.2 cm³/mol. The minimum atomic E-state index is -2.85. The normalized spacial score (nSPS) is 21.6. The first-order chi connectivity index (χ1) is 9.04. The summed E-state index contributed by atoms with van der Waals surface area (Å²) < 4.78 is 3.77. The molecule has 0 radical (unpaired) electrons. The van der Waals surface area contributed by atoms with Gasteiger partial charge in [-0.3, -0.25) is 0 Å². The molecule has 0 N–H and O–H groups in total. The summed E-state index contributed by atoms with van der Waals surface area (Å²) in [5.41, 5.74) is 0. The summed E-state index contributed by atoms with van der Waals surface area (Å²) in [5, 5.41) is 2.83. The molecular weight excluding hydrogens is 308 g/mol. The topological polar surface area (TPSA) is 0 Å². The number of hydrogen-bond acceptors (Lipinski definition) is 0. The molecule has 0 heterocycles. The van der Waals surface area contributed by atoms with Crippen molar-refractivity contribution in [1.29, 1.82) is 0 Å². The van der Waals surface area contributed by atoms with Crippen LogP contribution in [0.15, 0.2) is 44.2 Å². The van der Waals surface area contributed by atoms with Crippen molar-refractivity contribution in [2.75, 3.05) is 0 Å². The second-order valence-electron chi connectivity index (χ2n) is 8.90. The molecule has 2 aliphatic rings. The van der Waals surface area contributed by atoms with Gasteiger partial charge in [-0.25, -0.2) is 0 Å². The Kier molecular flexibility index (Phi) is 3.96. The Labute approximate surface area is 127 Å². The van der Waals surface area contributed by atoms with Crippen LogP contribution < -0.4 is 0 Å². The third-order valence-corrected chi connectivity index (χ3v) is 79.6. The molecule has 0 unspecified atom stereocenters. The maximum absolute atomic E-state index is 2.85. The molecule has 0 aromatic carbocycles. The molecule has 20 heavy (non-hydrogen) atoms. The summed E-state index contributed by atoms with van der Waals surface area (Å²) in [5.74, 6) is -2.58. The van der Waals surface area contributed by atoms with Crippen LogP contribution in [0.25, 0.3) is 0 Å². The van der Waals surface area contributed by atoms with Gasteiger partial charge in [0.1, 0.15) is 0 Å². The van der Waals surface area contributed by atoms with Crippen molar-refractivity contribution in [2.24, 2.45) is 0 Å². The molecule has 0 fully saturated rings. The fourth-order valence-electron chi connectivity index (χ4n) is 5.08. The molecule has 2 rings (SSSR count). The molecular formula is C17H31Si2Ti. The van der Waals surface area contributed by atoms with E-state index >= 15 is 0 Å². The third-order valence-electron chi connectivity index (χ3n) is 6.90. The van der Waals surface area contributed by atoms with E-state index in [1.54, 1.807) is 0 Å². The molecule has 2 aliphatic carbocycles. The van der Waals surface area contributed by atoms with Crippen molar-refractivity contribution >= 4 is 11.9 Å².